The van der Waals surface area contributed by atoms with E-state index in [-0.39, 0.29) is 11.9 Å². The van der Waals surface area contributed by atoms with E-state index in [1.54, 1.807) is 6.26 Å². The molecule has 1 atom stereocenters. The number of carbonyl (C=O) groups is 1. The van der Waals surface area contributed by atoms with Crippen molar-refractivity contribution in [3.63, 3.8) is 0 Å². The molecule has 1 aromatic heterocycles. The zero-order valence-corrected chi connectivity index (χ0v) is 10.8. The summed E-state index contributed by atoms with van der Waals surface area (Å²) >= 11 is 0. The second-order valence-electron chi connectivity index (χ2n) is 4.92. The van der Waals surface area contributed by atoms with E-state index in [0.29, 0.717) is 6.42 Å². The van der Waals surface area contributed by atoms with Crippen molar-refractivity contribution in [1.29, 1.82) is 0 Å². The van der Waals surface area contributed by atoms with E-state index in [9.17, 15) is 4.79 Å². The molecule has 1 fully saturated rings. The summed E-state index contributed by atoms with van der Waals surface area (Å²) in [5, 5.41) is 0. The number of rotatable bonds is 4. The normalized spacial score (nSPS) is 18.9. The Morgan fingerprint density at radius 2 is 2.17 bits per heavy atom. The van der Waals surface area contributed by atoms with E-state index in [2.05, 4.69) is 4.90 Å². The molecule has 0 bridgehead atoms. The molecule has 0 aromatic carbocycles. The van der Waals surface area contributed by atoms with E-state index in [1.165, 1.54) is 0 Å². The van der Waals surface area contributed by atoms with Gasteiger partial charge >= 0.3 is 0 Å². The van der Waals surface area contributed by atoms with Crippen LogP contribution in [0.1, 0.15) is 19.1 Å². The van der Waals surface area contributed by atoms with E-state index in [0.717, 1.165) is 38.5 Å². The van der Waals surface area contributed by atoms with Crippen LogP contribution in [0.2, 0.25) is 0 Å². The van der Waals surface area contributed by atoms with Crippen LogP contribution in [0.4, 0.5) is 0 Å². The van der Waals surface area contributed by atoms with Gasteiger partial charge in [-0.2, -0.15) is 0 Å². The number of amides is 1. The van der Waals surface area contributed by atoms with Gasteiger partial charge in [0.1, 0.15) is 5.76 Å². The highest BCUT2D eigenvalue weighted by atomic mass is 16.3. The van der Waals surface area contributed by atoms with Crippen LogP contribution >= 0.6 is 0 Å². The van der Waals surface area contributed by atoms with Gasteiger partial charge in [0, 0.05) is 38.6 Å². The van der Waals surface area contributed by atoms with Crippen molar-refractivity contribution in [1.82, 2.24) is 9.80 Å². The molecule has 5 nitrogen and oxygen atoms in total. The Hall–Kier alpha value is -1.33. The fraction of sp³-hybridized carbons (Fsp3) is 0.615. The molecule has 0 aliphatic carbocycles. The first kappa shape index (κ1) is 13.1. The fourth-order valence-electron chi connectivity index (χ4n) is 2.18. The molecule has 100 valence electrons. The van der Waals surface area contributed by atoms with Crippen LogP contribution < -0.4 is 5.73 Å². The summed E-state index contributed by atoms with van der Waals surface area (Å²) in [5.41, 5.74) is 5.65. The Balaban J connectivity index is 1.76. The van der Waals surface area contributed by atoms with E-state index < -0.39 is 0 Å². The van der Waals surface area contributed by atoms with Gasteiger partial charge in [0.15, 0.2) is 0 Å². The van der Waals surface area contributed by atoms with Gasteiger partial charge in [0.2, 0.25) is 5.91 Å². The summed E-state index contributed by atoms with van der Waals surface area (Å²) in [7, 11) is 0. The Morgan fingerprint density at radius 1 is 1.44 bits per heavy atom. The van der Waals surface area contributed by atoms with E-state index >= 15 is 0 Å². The van der Waals surface area contributed by atoms with Gasteiger partial charge in [-0.05, 0) is 19.1 Å². The number of carbonyl (C=O) groups excluding carboxylic acids is 1. The van der Waals surface area contributed by atoms with Crippen molar-refractivity contribution < 1.29 is 9.21 Å². The third kappa shape index (κ3) is 3.58. The van der Waals surface area contributed by atoms with Gasteiger partial charge in [-0.3, -0.25) is 9.69 Å². The highest BCUT2D eigenvalue weighted by Crippen LogP contribution is 2.10. The summed E-state index contributed by atoms with van der Waals surface area (Å²) in [4.78, 5) is 16.0. The first-order chi connectivity index (χ1) is 8.65. The molecule has 2 N–H and O–H groups in total. The number of piperazine rings is 1. The molecule has 18 heavy (non-hydrogen) atoms. The number of nitrogens with two attached hydrogens (primary N) is 1. The quantitative estimate of drug-likeness (QED) is 0.854. The Kier molecular flexibility index (Phi) is 4.38. The Bertz CT molecular complexity index is 368. The van der Waals surface area contributed by atoms with Crippen molar-refractivity contribution >= 4 is 5.91 Å². The van der Waals surface area contributed by atoms with Gasteiger partial charge in [0.25, 0.3) is 0 Å². The maximum Gasteiger partial charge on any atom is 0.224 e. The lowest BCUT2D eigenvalue weighted by molar-refractivity contribution is -0.133. The molecule has 2 heterocycles. The average Bonchev–Trinajstić information content (AvgIpc) is 2.82. The Morgan fingerprint density at radius 3 is 2.72 bits per heavy atom. The van der Waals surface area contributed by atoms with Crippen LogP contribution in [0.5, 0.6) is 0 Å². The van der Waals surface area contributed by atoms with E-state index in [4.69, 9.17) is 10.2 Å². The summed E-state index contributed by atoms with van der Waals surface area (Å²) in [6.07, 6.45) is 2.13. The third-order valence-corrected chi connectivity index (χ3v) is 3.18. The van der Waals surface area contributed by atoms with Crippen LogP contribution in [0.15, 0.2) is 22.8 Å². The predicted octanol–water partition coefficient (Wildman–Crippen LogP) is 0.661. The maximum atomic E-state index is 11.8. The molecule has 0 radical (unpaired) electrons. The van der Waals surface area contributed by atoms with Crippen LogP contribution in [0, 0.1) is 0 Å². The van der Waals surface area contributed by atoms with Gasteiger partial charge < -0.3 is 15.1 Å². The first-order valence-corrected chi connectivity index (χ1v) is 6.43. The van der Waals surface area contributed by atoms with Crippen LogP contribution in [0.3, 0.4) is 0 Å². The molecule has 1 saturated heterocycles. The molecular formula is C13H21N3O2. The smallest absolute Gasteiger partial charge is 0.224 e. The lowest BCUT2D eigenvalue weighted by Gasteiger charge is -2.34. The monoisotopic (exact) mass is 251 g/mol. The molecule has 1 aliphatic rings. The second-order valence-corrected chi connectivity index (χ2v) is 4.92. The largest absolute Gasteiger partial charge is 0.468 e. The van der Waals surface area contributed by atoms with E-state index in [1.807, 2.05) is 24.0 Å². The van der Waals surface area contributed by atoms with Gasteiger partial charge in [-0.1, -0.05) is 0 Å². The molecule has 1 aromatic rings. The molecule has 5 heteroatoms. The highest BCUT2D eigenvalue weighted by molar-refractivity contribution is 5.76. The molecule has 1 amide bonds. The van der Waals surface area contributed by atoms with Crippen molar-refractivity contribution in [2.24, 2.45) is 5.73 Å². The van der Waals surface area contributed by atoms with Crippen molar-refractivity contribution in [2.75, 3.05) is 26.2 Å². The predicted molar refractivity (Wildman–Crippen MR) is 68.8 cm³/mol. The van der Waals surface area contributed by atoms with Crippen molar-refractivity contribution in [2.45, 2.75) is 25.9 Å². The van der Waals surface area contributed by atoms with Crippen molar-refractivity contribution in [3.05, 3.63) is 24.2 Å². The fourth-order valence-corrected chi connectivity index (χ4v) is 2.18. The summed E-state index contributed by atoms with van der Waals surface area (Å²) < 4.78 is 5.32. The SMILES string of the molecule is CC(N)CC(=O)N1CCN(Cc2ccco2)CC1. The molecule has 0 saturated carbocycles. The van der Waals surface area contributed by atoms with Crippen molar-refractivity contribution in [3.8, 4) is 0 Å². The molecule has 2 rings (SSSR count). The average molecular weight is 251 g/mol. The number of furan rings is 1. The summed E-state index contributed by atoms with van der Waals surface area (Å²) in [6.45, 7) is 6.04. The third-order valence-electron chi connectivity index (χ3n) is 3.18. The minimum Gasteiger partial charge on any atom is -0.468 e. The molecule has 0 spiro atoms. The lowest BCUT2D eigenvalue weighted by Crippen LogP contribution is -2.49. The maximum absolute atomic E-state index is 11.8. The summed E-state index contributed by atoms with van der Waals surface area (Å²) in [5.74, 6) is 1.15. The van der Waals surface area contributed by atoms with Crippen LogP contribution in [0.25, 0.3) is 0 Å². The van der Waals surface area contributed by atoms with Crippen LogP contribution in [-0.2, 0) is 11.3 Å². The van der Waals surface area contributed by atoms with Crippen LogP contribution in [-0.4, -0.2) is 47.9 Å². The summed E-state index contributed by atoms with van der Waals surface area (Å²) in [6, 6.07) is 3.82. The minimum atomic E-state index is -0.0568. The standard InChI is InChI=1S/C13H21N3O2/c1-11(14)9-13(17)16-6-4-15(5-7-16)10-12-3-2-8-18-12/h2-3,8,11H,4-7,9-10,14H2,1H3. The highest BCUT2D eigenvalue weighted by Gasteiger charge is 2.21. The van der Waals surface area contributed by atoms with Gasteiger partial charge in [-0.25, -0.2) is 0 Å². The molecule has 1 aliphatic heterocycles. The zero-order chi connectivity index (χ0) is 13.0. The minimum absolute atomic E-state index is 0.0568. The molecule has 1 unspecified atom stereocenters. The number of nitrogens with zero attached hydrogens (tertiary/aromatic N) is 2. The Labute approximate surface area is 108 Å². The first-order valence-electron chi connectivity index (χ1n) is 6.43. The second kappa shape index (κ2) is 6.02. The number of hydrogen-bond acceptors (Lipinski definition) is 4. The zero-order valence-electron chi connectivity index (χ0n) is 10.8. The number of hydrogen-bond donors (Lipinski definition) is 1. The van der Waals surface area contributed by atoms with Gasteiger partial charge in [-0.15, -0.1) is 0 Å². The topological polar surface area (TPSA) is 62.7 Å². The van der Waals surface area contributed by atoms with Gasteiger partial charge in [0.05, 0.1) is 12.8 Å². The lowest BCUT2D eigenvalue weighted by atomic mass is 10.2. The molecular weight excluding hydrogens is 230 g/mol.